The van der Waals surface area contributed by atoms with Gasteiger partial charge in [0.25, 0.3) is 0 Å². The number of benzene rings is 2. The van der Waals surface area contributed by atoms with Crippen LogP contribution >= 0.6 is 0 Å². The maximum Gasteiger partial charge on any atom is 0.197 e. The molecule has 0 atom stereocenters. The predicted molar refractivity (Wildman–Crippen MR) is 102 cm³/mol. The quantitative estimate of drug-likeness (QED) is 0.663. The molecule has 1 heterocycles. The molecule has 0 bridgehead atoms. The van der Waals surface area contributed by atoms with Gasteiger partial charge in [0.2, 0.25) is 0 Å². The molecule has 0 aliphatic rings. The van der Waals surface area contributed by atoms with E-state index >= 15 is 0 Å². The van der Waals surface area contributed by atoms with Gasteiger partial charge in [0, 0.05) is 31.7 Å². The topological polar surface area (TPSA) is 36.7 Å². The Labute approximate surface area is 148 Å². The zero-order chi connectivity index (χ0) is 17.6. The first-order chi connectivity index (χ1) is 12.1. The van der Waals surface area contributed by atoms with Crippen molar-refractivity contribution in [2.45, 2.75) is 13.1 Å². The molecule has 0 amide bonds. The second-order valence-electron chi connectivity index (χ2n) is 6.59. The number of rotatable bonds is 7. The van der Waals surface area contributed by atoms with Crippen LogP contribution in [0.4, 0.5) is 0 Å². The molecule has 0 saturated carbocycles. The largest absolute Gasteiger partial charge is 0.464 e. The minimum Gasteiger partial charge on any atom is -0.464 e. The molecule has 0 spiro atoms. The predicted octanol–water partition coefficient (Wildman–Crippen LogP) is 3.36. The van der Waals surface area contributed by atoms with Crippen molar-refractivity contribution in [3.63, 3.8) is 0 Å². The Morgan fingerprint density at radius 3 is 2.36 bits per heavy atom. The maximum absolute atomic E-state index is 12.8. The van der Waals surface area contributed by atoms with Gasteiger partial charge in [-0.1, -0.05) is 42.5 Å². The van der Waals surface area contributed by atoms with E-state index in [4.69, 9.17) is 4.42 Å². The van der Waals surface area contributed by atoms with Crippen molar-refractivity contribution in [2.75, 3.05) is 27.2 Å². The SMILES string of the molecule is CN(C)CCN(Cc1ccccc1)Cc1coc2ccccc2c1=O. The lowest BCUT2D eigenvalue weighted by atomic mass is 10.1. The number of hydrogen-bond donors (Lipinski definition) is 0. The van der Waals surface area contributed by atoms with Gasteiger partial charge in [0.05, 0.1) is 11.6 Å². The minimum atomic E-state index is 0.0600. The van der Waals surface area contributed by atoms with Gasteiger partial charge in [0.1, 0.15) is 5.58 Å². The molecule has 0 fully saturated rings. The van der Waals surface area contributed by atoms with Gasteiger partial charge in [-0.3, -0.25) is 9.69 Å². The molecular weight excluding hydrogens is 312 g/mol. The first-order valence-electron chi connectivity index (χ1n) is 8.54. The third-order valence-corrected chi connectivity index (χ3v) is 4.26. The van der Waals surface area contributed by atoms with Crippen LogP contribution in [0, 0.1) is 0 Å². The fourth-order valence-corrected chi connectivity index (χ4v) is 2.87. The highest BCUT2D eigenvalue weighted by molar-refractivity contribution is 5.76. The lowest BCUT2D eigenvalue weighted by molar-refractivity contribution is 0.224. The molecule has 0 N–H and O–H groups in total. The van der Waals surface area contributed by atoms with E-state index in [1.807, 2.05) is 42.5 Å². The Balaban J connectivity index is 1.84. The Bertz CT molecular complexity index is 872. The summed E-state index contributed by atoms with van der Waals surface area (Å²) in [5, 5.41) is 0.646. The number of para-hydroxylation sites is 1. The number of hydrogen-bond acceptors (Lipinski definition) is 4. The number of likely N-dealkylation sites (N-methyl/N-ethyl adjacent to an activating group) is 1. The van der Waals surface area contributed by atoms with Crippen LogP contribution in [0.2, 0.25) is 0 Å². The summed E-state index contributed by atoms with van der Waals surface area (Å²) in [6.45, 7) is 3.21. The van der Waals surface area contributed by atoms with Crippen LogP contribution in [0.15, 0.2) is 70.1 Å². The second kappa shape index (κ2) is 8.10. The summed E-state index contributed by atoms with van der Waals surface area (Å²) in [5.41, 5.74) is 2.64. The summed E-state index contributed by atoms with van der Waals surface area (Å²) < 4.78 is 5.66. The van der Waals surface area contributed by atoms with E-state index in [0.717, 1.165) is 19.6 Å². The van der Waals surface area contributed by atoms with E-state index in [0.29, 0.717) is 23.1 Å². The van der Waals surface area contributed by atoms with Crippen molar-refractivity contribution in [3.8, 4) is 0 Å². The molecular formula is C21H24N2O2. The van der Waals surface area contributed by atoms with Crippen molar-refractivity contribution >= 4 is 11.0 Å². The molecule has 1 aromatic heterocycles. The fraction of sp³-hybridized carbons (Fsp3) is 0.286. The highest BCUT2D eigenvalue weighted by Crippen LogP contribution is 2.13. The van der Waals surface area contributed by atoms with Crippen LogP contribution in [0.3, 0.4) is 0 Å². The van der Waals surface area contributed by atoms with Gasteiger partial charge in [0.15, 0.2) is 5.43 Å². The number of fused-ring (bicyclic) bond motifs is 1. The van der Waals surface area contributed by atoms with Crippen LogP contribution in [-0.4, -0.2) is 37.0 Å². The Morgan fingerprint density at radius 1 is 0.880 bits per heavy atom. The molecule has 130 valence electrons. The highest BCUT2D eigenvalue weighted by Gasteiger charge is 2.12. The third-order valence-electron chi connectivity index (χ3n) is 4.26. The first-order valence-corrected chi connectivity index (χ1v) is 8.54. The van der Waals surface area contributed by atoms with Gasteiger partial charge in [-0.05, 0) is 31.8 Å². The van der Waals surface area contributed by atoms with Crippen LogP contribution in [0.1, 0.15) is 11.1 Å². The Hall–Kier alpha value is -2.43. The standard InChI is InChI=1S/C21H24N2O2/c1-22(2)12-13-23(14-17-8-4-3-5-9-17)15-18-16-25-20-11-7-6-10-19(20)21(18)24/h3-11,16H,12-15H2,1-2H3. The van der Waals surface area contributed by atoms with Crippen LogP contribution in [-0.2, 0) is 13.1 Å². The molecule has 25 heavy (non-hydrogen) atoms. The van der Waals surface area contributed by atoms with Gasteiger partial charge in [-0.2, -0.15) is 0 Å². The maximum atomic E-state index is 12.8. The fourth-order valence-electron chi connectivity index (χ4n) is 2.87. The van der Waals surface area contributed by atoms with Crippen LogP contribution in [0.5, 0.6) is 0 Å². The molecule has 0 unspecified atom stereocenters. The van der Waals surface area contributed by atoms with Crippen molar-refractivity contribution in [3.05, 3.63) is 82.2 Å². The van der Waals surface area contributed by atoms with E-state index in [1.165, 1.54) is 5.56 Å². The van der Waals surface area contributed by atoms with Crippen molar-refractivity contribution < 1.29 is 4.42 Å². The zero-order valence-electron chi connectivity index (χ0n) is 14.8. The van der Waals surface area contributed by atoms with Gasteiger partial charge in [-0.15, -0.1) is 0 Å². The molecule has 0 saturated heterocycles. The summed E-state index contributed by atoms with van der Waals surface area (Å²) in [7, 11) is 4.12. The summed E-state index contributed by atoms with van der Waals surface area (Å²) in [4.78, 5) is 17.2. The van der Waals surface area contributed by atoms with Gasteiger partial charge < -0.3 is 9.32 Å². The molecule has 0 aliphatic carbocycles. The molecule has 2 aromatic carbocycles. The van der Waals surface area contributed by atoms with Gasteiger partial charge >= 0.3 is 0 Å². The second-order valence-corrected chi connectivity index (χ2v) is 6.59. The first kappa shape index (κ1) is 17.4. The van der Waals surface area contributed by atoms with E-state index in [1.54, 1.807) is 6.26 Å². The van der Waals surface area contributed by atoms with Crippen LogP contribution < -0.4 is 5.43 Å². The molecule has 3 aromatic rings. The van der Waals surface area contributed by atoms with Gasteiger partial charge in [-0.25, -0.2) is 0 Å². The van der Waals surface area contributed by atoms with Crippen molar-refractivity contribution in [1.29, 1.82) is 0 Å². The number of nitrogens with zero attached hydrogens (tertiary/aromatic N) is 2. The lowest BCUT2D eigenvalue weighted by Crippen LogP contribution is -2.32. The molecule has 0 radical (unpaired) electrons. The van der Waals surface area contributed by atoms with E-state index < -0.39 is 0 Å². The molecule has 0 aliphatic heterocycles. The van der Waals surface area contributed by atoms with E-state index in [-0.39, 0.29) is 5.43 Å². The zero-order valence-corrected chi connectivity index (χ0v) is 14.8. The average Bonchev–Trinajstić information content (AvgIpc) is 2.63. The molecule has 4 heteroatoms. The van der Waals surface area contributed by atoms with Crippen LogP contribution in [0.25, 0.3) is 11.0 Å². The van der Waals surface area contributed by atoms with E-state index in [2.05, 4.69) is 36.0 Å². The lowest BCUT2D eigenvalue weighted by Gasteiger charge is -2.24. The van der Waals surface area contributed by atoms with Crippen molar-refractivity contribution in [1.82, 2.24) is 9.80 Å². The molecule has 3 rings (SSSR count). The summed E-state index contributed by atoms with van der Waals surface area (Å²) in [6.07, 6.45) is 1.61. The smallest absolute Gasteiger partial charge is 0.197 e. The molecule has 4 nitrogen and oxygen atoms in total. The Morgan fingerprint density at radius 2 is 1.60 bits per heavy atom. The summed E-state index contributed by atoms with van der Waals surface area (Å²) in [6, 6.07) is 17.7. The summed E-state index contributed by atoms with van der Waals surface area (Å²) >= 11 is 0. The minimum absolute atomic E-state index is 0.0600. The van der Waals surface area contributed by atoms with Crippen molar-refractivity contribution in [2.24, 2.45) is 0 Å². The normalized spacial score (nSPS) is 11.5. The third kappa shape index (κ3) is 4.56. The highest BCUT2D eigenvalue weighted by atomic mass is 16.3. The monoisotopic (exact) mass is 336 g/mol. The van der Waals surface area contributed by atoms with E-state index in [9.17, 15) is 4.79 Å². The Kier molecular flexibility index (Phi) is 5.64. The average molecular weight is 336 g/mol. The summed E-state index contributed by atoms with van der Waals surface area (Å²) in [5.74, 6) is 0.